The Morgan fingerprint density at radius 3 is 2.61 bits per heavy atom. The van der Waals surface area contributed by atoms with Gasteiger partial charge in [-0.2, -0.15) is 0 Å². The number of hydrogen-bond donors (Lipinski definition) is 1. The van der Waals surface area contributed by atoms with E-state index in [1.54, 1.807) is 0 Å². The highest BCUT2D eigenvalue weighted by molar-refractivity contribution is 5.80. The molecule has 1 aromatic rings. The summed E-state index contributed by atoms with van der Waals surface area (Å²) < 4.78 is 0. The number of aromatic nitrogens is 1. The number of nitrogens with one attached hydrogen (secondary N) is 1. The van der Waals surface area contributed by atoms with Crippen molar-refractivity contribution in [2.24, 2.45) is 4.99 Å². The highest BCUT2D eigenvalue weighted by Gasteiger charge is 2.20. The Labute approximate surface area is 140 Å². The van der Waals surface area contributed by atoms with Crippen molar-refractivity contribution in [3.05, 3.63) is 24.4 Å². The largest absolute Gasteiger partial charge is 0.357 e. The van der Waals surface area contributed by atoms with Gasteiger partial charge in [-0.25, -0.2) is 4.98 Å². The predicted octanol–water partition coefficient (Wildman–Crippen LogP) is 2.75. The van der Waals surface area contributed by atoms with E-state index in [1.807, 2.05) is 12.3 Å². The van der Waals surface area contributed by atoms with Gasteiger partial charge in [0.25, 0.3) is 0 Å². The molecule has 1 aromatic heterocycles. The minimum Gasteiger partial charge on any atom is -0.357 e. The molecule has 0 spiro atoms. The van der Waals surface area contributed by atoms with Crippen molar-refractivity contribution >= 4 is 11.8 Å². The molecule has 0 unspecified atom stereocenters. The van der Waals surface area contributed by atoms with Crippen LogP contribution in [0.1, 0.15) is 39.5 Å². The van der Waals surface area contributed by atoms with Crippen LogP contribution in [0.4, 0.5) is 5.82 Å². The van der Waals surface area contributed by atoms with Gasteiger partial charge in [0.15, 0.2) is 5.96 Å². The third-order valence-corrected chi connectivity index (χ3v) is 4.16. The Bertz CT molecular complexity index is 452. The summed E-state index contributed by atoms with van der Waals surface area (Å²) in [5.41, 5.74) is 0. The Balaban J connectivity index is 1.83. The summed E-state index contributed by atoms with van der Waals surface area (Å²) in [6.07, 6.45) is 6.93. The second kappa shape index (κ2) is 10.1. The molecule has 0 bridgehead atoms. The van der Waals surface area contributed by atoms with Crippen LogP contribution in [0.2, 0.25) is 0 Å². The summed E-state index contributed by atoms with van der Waals surface area (Å²) in [6.45, 7) is 10.2. The molecule has 2 heterocycles. The molecule has 0 saturated carbocycles. The van der Waals surface area contributed by atoms with Gasteiger partial charge < -0.3 is 15.1 Å². The normalized spacial score (nSPS) is 15.8. The summed E-state index contributed by atoms with van der Waals surface area (Å²) in [7, 11) is 0. The summed E-state index contributed by atoms with van der Waals surface area (Å²) in [4.78, 5) is 14.0. The lowest BCUT2D eigenvalue weighted by molar-refractivity contribution is 0.371. The zero-order chi connectivity index (χ0) is 16.3. The van der Waals surface area contributed by atoms with Gasteiger partial charge in [-0.3, -0.25) is 4.99 Å². The lowest BCUT2D eigenvalue weighted by Crippen LogP contribution is -2.52. The van der Waals surface area contributed by atoms with E-state index >= 15 is 0 Å². The SMILES string of the molecule is CCCCCCN=C(NCC)N1CCN(c2ccccn2)CC1. The molecule has 5 nitrogen and oxygen atoms in total. The van der Waals surface area contributed by atoms with Crippen LogP contribution in [-0.2, 0) is 0 Å². The van der Waals surface area contributed by atoms with E-state index in [4.69, 9.17) is 4.99 Å². The first-order valence-electron chi connectivity index (χ1n) is 9.04. The Morgan fingerprint density at radius 2 is 1.96 bits per heavy atom. The Morgan fingerprint density at radius 1 is 1.13 bits per heavy atom. The minimum atomic E-state index is 0.925. The van der Waals surface area contributed by atoms with Crippen LogP contribution in [0.15, 0.2) is 29.4 Å². The monoisotopic (exact) mass is 317 g/mol. The third kappa shape index (κ3) is 5.73. The summed E-state index contributed by atoms with van der Waals surface area (Å²) in [6, 6.07) is 6.10. The number of hydrogen-bond acceptors (Lipinski definition) is 3. The summed E-state index contributed by atoms with van der Waals surface area (Å²) >= 11 is 0. The van der Waals surface area contributed by atoms with E-state index in [9.17, 15) is 0 Å². The van der Waals surface area contributed by atoms with Crippen LogP contribution in [0.5, 0.6) is 0 Å². The fourth-order valence-corrected chi connectivity index (χ4v) is 2.84. The zero-order valence-electron chi connectivity index (χ0n) is 14.7. The van der Waals surface area contributed by atoms with Gasteiger partial charge in [-0.1, -0.05) is 32.3 Å². The van der Waals surface area contributed by atoms with Crippen molar-refractivity contribution in [3.63, 3.8) is 0 Å². The number of piperazine rings is 1. The quantitative estimate of drug-likeness (QED) is 0.477. The van der Waals surface area contributed by atoms with Gasteiger partial charge >= 0.3 is 0 Å². The van der Waals surface area contributed by atoms with Crippen molar-refractivity contribution in [1.29, 1.82) is 0 Å². The first-order chi connectivity index (χ1) is 11.3. The zero-order valence-corrected chi connectivity index (χ0v) is 14.7. The molecule has 1 N–H and O–H groups in total. The minimum absolute atomic E-state index is 0.925. The molecule has 1 aliphatic heterocycles. The fourth-order valence-electron chi connectivity index (χ4n) is 2.84. The van der Waals surface area contributed by atoms with Gasteiger partial charge in [-0.15, -0.1) is 0 Å². The van der Waals surface area contributed by atoms with Gasteiger partial charge in [0.1, 0.15) is 5.82 Å². The van der Waals surface area contributed by atoms with Gasteiger partial charge in [0.05, 0.1) is 0 Å². The molecule has 1 aliphatic rings. The summed E-state index contributed by atoms with van der Waals surface area (Å²) in [5.74, 6) is 2.15. The first-order valence-corrected chi connectivity index (χ1v) is 9.04. The fraction of sp³-hybridized carbons (Fsp3) is 0.667. The first kappa shape index (κ1) is 17.6. The van der Waals surface area contributed by atoms with Gasteiger partial charge in [0, 0.05) is 45.5 Å². The van der Waals surface area contributed by atoms with Crippen molar-refractivity contribution in [3.8, 4) is 0 Å². The van der Waals surface area contributed by atoms with E-state index in [0.29, 0.717) is 0 Å². The van der Waals surface area contributed by atoms with Crippen molar-refractivity contribution in [2.45, 2.75) is 39.5 Å². The lowest BCUT2D eigenvalue weighted by Gasteiger charge is -2.37. The third-order valence-electron chi connectivity index (χ3n) is 4.16. The maximum absolute atomic E-state index is 4.80. The standard InChI is InChI=1S/C18H31N5/c1-3-5-6-8-12-21-18(19-4-2)23-15-13-22(14-16-23)17-10-7-9-11-20-17/h7,9-11H,3-6,8,12-16H2,1-2H3,(H,19,21). The van der Waals surface area contributed by atoms with Crippen LogP contribution in [-0.4, -0.2) is 55.1 Å². The number of unbranched alkanes of at least 4 members (excludes halogenated alkanes) is 3. The maximum atomic E-state index is 4.80. The number of aliphatic imine (C=N–C) groups is 1. The molecule has 23 heavy (non-hydrogen) atoms. The molecule has 2 rings (SSSR count). The number of pyridine rings is 1. The molecule has 5 heteroatoms. The Kier molecular flexibility index (Phi) is 7.70. The molecule has 0 atom stereocenters. The lowest BCUT2D eigenvalue weighted by atomic mass is 10.2. The number of anilines is 1. The topological polar surface area (TPSA) is 43.8 Å². The molecule has 0 aliphatic carbocycles. The average Bonchev–Trinajstić information content (AvgIpc) is 2.61. The number of rotatable bonds is 7. The molecule has 1 fully saturated rings. The molecule has 1 saturated heterocycles. The second-order valence-electron chi connectivity index (χ2n) is 5.96. The van der Waals surface area contributed by atoms with Crippen LogP contribution < -0.4 is 10.2 Å². The number of nitrogens with zero attached hydrogens (tertiary/aromatic N) is 4. The van der Waals surface area contributed by atoms with Crippen LogP contribution >= 0.6 is 0 Å². The molecule has 0 amide bonds. The molecule has 0 aromatic carbocycles. The average molecular weight is 317 g/mol. The van der Waals surface area contributed by atoms with E-state index in [2.05, 4.69) is 46.1 Å². The number of guanidine groups is 1. The van der Waals surface area contributed by atoms with Crippen LogP contribution in [0, 0.1) is 0 Å². The highest BCUT2D eigenvalue weighted by Crippen LogP contribution is 2.12. The second-order valence-corrected chi connectivity index (χ2v) is 5.96. The predicted molar refractivity (Wildman–Crippen MR) is 98.1 cm³/mol. The van der Waals surface area contributed by atoms with E-state index < -0.39 is 0 Å². The Hall–Kier alpha value is -1.78. The van der Waals surface area contributed by atoms with E-state index in [-0.39, 0.29) is 0 Å². The van der Waals surface area contributed by atoms with Gasteiger partial charge in [0.2, 0.25) is 0 Å². The smallest absolute Gasteiger partial charge is 0.194 e. The molecule has 128 valence electrons. The van der Waals surface area contributed by atoms with Gasteiger partial charge in [-0.05, 0) is 25.5 Å². The molecular formula is C18H31N5. The van der Waals surface area contributed by atoms with Crippen LogP contribution in [0.3, 0.4) is 0 Å². The maximum Gasteiger partial charge on any atom is 0.194 e. The molecule has 0 radical (unpaired) electrons. The van der Waals surface area contributed by atoms with Crippen LogP contribution in [0.25, 0.3) is 0 Å². The summed E-state index contributed by atoms with van der Waals surface area (Å²) in [5, 5.41) is 3.44. The highest BCUT2D eigenvalue weighted by atomic mass is 15.4. The molecular weight excluding hydrogens is 286 g/mol. The van der Waals surface area contributed by atoms with Crippen molar-refractivity contribution < 1.29 is 0 Å². The van der Waals surface area contributed by atoms with Crippen molar-refractivity contribution in [2.75, 3.05) is 44.2 Å². The van der Waals surface area contributed by atoms with Crippen molar-refractivity contribution in [1.82, 2.24) is 15.2 Å². The van der Waals surface area contributed by atoms with E-state index in [0.717, 1.165) is 51.0 Å². The van der Waals surface area contributed by atoms with E-state index in [1.165, 1.54) is 25.7 Å².